The van der Waals surface area contributed by atoms with Gasteiger partial charge in [0.1, 0.15) is 17.2 Å². The molecular weight excluding hydrogens is 296 g/mol. The summed E-state index contributed by atoms with van der Waals surface area (Å²) in [6, 6.07) is 3.68. The van der Waals surface area contributed by atoms with Crippen LogP contribution in [0.4, 0.5) is 8.78 Å². The van der Waals surface area contributed by atoms with E-state index >= 15 is 0 Å². The molecule has 0 heterocycles. The zero-order chi connectivity index (χ0) is 15.0. The van der Waals surface area contributed by atoms with Gasteiger partial charge in [-0.15, -0.1) is 11.8 Å². The maximum Gasteiger partial charge on any atom is 0.323 e. The topological polar surface area (TPSA) is 49.3 Å². The highest BCUT2D eigenvalue weighted by atomic mass is 32.2. The van der Waals surface area contributed by atoms with Crippen molar-refractivity contribution in [1.29, 1.82) is 0 Å². The number of hydrogen-bond acceptors (Lipinski definition) is 3. The molecule has 0 spiro atoms. The Balaban J connectivity index is 1.70. The number of nitrogens with one attached hydrogen (secondary N) is 1. The summed E-state index contributed by atoms with van der Waals surface area (Å²) in [6.45, 7) is 0. The van der Waals surface area contributed by atoms with Crippen LogP contribution in [0.3, 0.4) is 0 Å². The molecule has 3 nitrogen and oxygen atoms in total. The minimum absolute atomic E-state index is 0.0105. The SMILES string of the molecule is O=C(O)C1(NC2CC2)CCC(Sc2cc(F)ccc2F)C1. The van der Waals surface area contributed by atoms with Crippen LogP contribution in [0.1, 0.15) is 32.1 Å². The summed E-state index contributed by atoms with van der Waals surface area (Å²) in [5, 5.41) is 12.7. The zero-order valence-electron chi connectivity index (χ0n) is 11.4. The zero-order valence-corrected chi connectivity index (χ0v) is 12.3. The van der Waals surface area contributed by atoms with Crippen molar-refractivity contribution < 1.29 is 18.7 Å². The molecule has 114 valence electrons. The molecule has 2 unspecified atom stereocenters. The van der Waals surface area contributed by atoms with E-state index in [9.17, 15) is 18.7 Å². The van der Waals surface area contributed by atoms with E-state index in [-0.39, 0.29) is 10.1 Å². The van der Waals surface area contributed by atoms with Gasteiger partial charge in [0, 0.05) is 16.2 Å². The molecule has 2 saturated carbocycles. The van der Waals surface area contributed by atoms with Gasteiger partial charge in [-0.3, -0.25) is 10.1 Å². The van der Waals surface area contributed by atoms with Crippen molar-refractivity contribution in [2.24, 2.45) is 0 Å². The van der Waals surface area contributed by atoms with Crippen LogP contribution >= 0.6 is 11.8 Å². The van der Waals surface area contributed by atoms with Gasteiger partial charge in [0.2, 0.25) is 0 Å². The maximum absolute atomic E-state index is 13.7. The molecule has 0 aliphatic heterocycles. The van der Waals surface area contributed by atoms with E-state index < -0.39 is 23.1 Å². The molecule has 2 N–H and O–H groups in total. The summed E-state index contributed by atoms with van der Waals surface area (Å²) >= 11 is 1.24. The number of halogens is 2. The lowest BCUT2D eigenvalue weighted by molar-refractivity contribution is -0.144. The van der Waals surface area contributed by atoms with Crippen LogP contribution in [0.15, 0.2) is 23.1 Å². The van der Waals surface area contributed by atoms with Crippen LogP contribution in [-0.4, -0.2) is 27.9 Å². The van der Waals surface area contributed by atoms with Gasteiger partial charge in [-0.2, -0.15) is 0 Å². The van der Waals surface area contributed by atoms with Crippen LogP contribution < -0.4 is 5.32 Å². The predicted molar refractivity (Wildman–Crippen MR) is 76.4 cm³/mol. The van der Waals surface area contributed by atoms with Crippen molar-refractivity contribution >= 4 is 17.7 Å². The number of thioether (sulfide) groups is 1. The largest absolute Gasteiger partial charge is 0.480 e. The van der Waals surface area contributed by atoms with Crippen molar-refractivity contribution in [3.8, 4) is 0 Å². The van der Waals surface area contributed by atoms with Crippen LogP contribution in [0.2, 0.25) is 0 Å². The van der Waals surface area contributed by atoms with Gasteiger partial charge in [-0.05, 0) is 50.3 Å². The van der Waals surface area contributed by atoms with Gasteiger partial charge < -0.3 is 5.11 Å². The first-order valence-corrected chi connectivity index (χ1v) is 7.99. The standard InChI is InChI=1S/C15H17F2NO2S/c16-9-1-4-12(17)13(7-9)21-11-5-6-15(8-11,14(19)20)18-10-2-3-10/h1,4,7,10-11,18H,2-3,5-6,8H2,(H,19,20). The number of benzene rings is 1. The third kappa shape index (κ3) is 3.21. The lowest BCUT2D eigenvalue weighted by atomic mass is 9.98. The average Bonchev–Trinajstić information content (AvgIpc) is 3.14. The van der Waals surface area contributed by atoms with Crippen molar-refractivity contribution in [2.75, 3.05) is 0 Å². The van der Waals surface area contributed by atoms with Crippen LogP contribution in [-0.2, 0) is 4.79 Å². The quantitative estimate of drug-likeness (QED) is 0.876. The molecule has 2 fully saturated rings. The van der Waals surface area contributed by atoms with Crippen molar-refractivity contribution in [1.82, 2.24) is 5.32 Å². The third-order valence-electron chi connectivity index (χ3n) is 4.12. The first kappa shape index (κ1) is 14.8. The molecule has 1 aromatic carbocycles. The summed E-state index contributed by atoms with van der Waals surface area (Å²) in [6.07, 6.45) is 3.70. The van der Waals surface area contributed by atoms with Crippen molar-refractivity contribution in [2.45, 2.75) is 53.8 Å². The third-order valence-corrected chi connectivity index (χ3v) is 5.43. The van der Waals surface area contributed by atoms with Crippen LogP contribution in [0.25, 0.3) is 0 Å². The Bertz CT molecular complexity index is 565. The van der Waals surface area contributed by atoms with E-state index in [4.69, 9.17) is 0 Å². The Morgan fingerprint density at radius 2 is 2.10 bits per heavy atom. The second-order valence-electron chi connectivity index (χ2n) is 5.86. The molecule has 0 radical (unpaired) electrons. The highest BCUT2D eigenvalue weighted by Crippen LogP contribution is 2.42. The minimum Gasteiger partial charge on any atom is -0.480 e. The fraction of sp³-hybridized carbons (Fsp3) is 0.533. The molecule has 1 aromatic rings. The highest BCUT2D eigenvalue weighted by Gasteiger charge is 2.48. The Kier molecular flexibility index (Phi) is 3.92. The fourth-order valence-corrected chi connectivity index (χ4v) is 4.18. The molecule has 2 atom stereocenters. The molecule has 6 heteroatoms. The van der Waals surface area contributed by atoms with Crippen LogP contribution in [0.5, 0.6) is 0 Å². The normalized spacial score (nSPS) is 28.8. The smallest absolute Gasteiger partial charge is 0.323 e. The number of hydrogen-bond donors (Lipinski definition) is 2. The van der Waals surface area contributed by atoms with Crippen molar-refractivity contribution in [3.63, 3.8) is 0 Å². The lowest BCUT2D eigenvalue weighted by Crippen LogP contribution is -2.51. The van der Waals surface area contributed by atoms with Gasteiger partial charge >= 0.3 is 5.97 Å². The van der Waals surface area contributed by atoms with E-state index in [1.165, 1.54) is 17.8 Å². The van der Waals surface area contributed by atoms with Gasteiger partial charge in [-0.25, -0.2) is 8.78 Å². The molecule has 0 bridgehead atoms. The predicted octanol–water partition coefficient (Wildman–Crippen LogP) is 3.18. The van der Waals surface area contributed by atoms with E-state index in [0.717, 1.165) is 25.0 Å². The molecule has 21 heavy (non-hydrogen) atoms. The summed E-state index contributed by atoms with van der Waals surface area (Å²) in [4.78, 5) is 11.9. The minimum atomic E-state index is -0.900. The number of carboxylic acid groups (broad SMARTS) is 1. The number of carboxylic acids is 1. The number of aliphatic carboxylic acids is 1. The molecule has 0 saturated heterocycles. The Labute approximate surface area is 126 Å². The molecule has 2 aliphatic rings. The summed E-state index contributed by atoms with van der Waals surface area (Å²) in [5.41, 5.74) is -0.900. The lowest BCUT2D eigenvalue weighted by Gasteiger charge is -2.26. The first-order valence-electron chi connectivity index (χ1n) is 7.11. The van der Waals surface area contributed by atoms with E-state index in [0.29, 0.717) is 25.3 Å². The fourth-order valence-electron chi connectivity index (χ4n) is 2.85. The Morgan fingerprint density at radius 1 is 1.33 bits per heavy atom. The molecule has 2 aliphatic carbocycles. The number of carbonyl (C=O) groups is 1. The Morgan fingerprint density at radius 3 is 2.76 bits per heavy atom. The Hall–Kier alpha value is -1.14. The van der Waals surface area contributed by atoms with Gasteiger partial charge in [0.15, 0.2) is 0 Å². The van der Waals surface area contributed by atoms with Gasteiger partial charge in [0.25, 0.3) is 0 Å². The summed E-state index contributed by atoms with van der Waals surface area (Å²) < 4.78 is 26.9. The second-order valence-corrected chi connectivity index (χ2v) is 7.21. The maximum atomic E-state index is 13.7. The first-order chi connectivity index (χ1) is 9.98. The van der Waals surface area contributed by atoms with E-state index in [2.05, 4.69) is 5.32 Å². The summed E-state index contributed by atoms with van der Waals surface area (Å²) in [5.74, 6) is -1.76. The van der Waals surface area contributed by atoms with Gasteiger partial charge in [0.05, 0.1) is 0 Å². The number of rotatable bonds is 5. The van der Waals surface area contributed by atoms with Crippen LogP contribution in [0, 0.1) is 11.6 Å². The highest BCUT2D eigenvalue weighted by molar-refractivity contribution is 8.00. The van der Waals surface area contributed by atoms with Gasteiger partial charge in [-0.1, -0.05) is 0 Å². The van der Waals surface area contributed by atoms with E-state index in [1.54, 1.807) is 0 Å². The second kappa shape index (κ2) is 5.57. The molecular formula is C15H17F2NO2S. The monoisotopic (exact) mass is 313 g/mol. The van der Waals surface area contributed by atoms with E-state index in [1.807, 2.05) is 0 Å². The molecule has 3 rings (SSSR count). The average molecular weight is 313 g/mol. The molecule has 0 amide bonds. The molecule has 0 aromatic heterocycles. The summed E-state index contributed by atoms with van der Waals surface area (Å²) in [7, 11) is 0. The van der Waals surface area contributed by atoms with Crippen molar-refractivity contribution in [3.05, 3.63) is 29.8 Å².